The van der Waals surface area contributed by atoms with Crippen molar-refractivity contribution in [3.63, 3.8) is 0 Å². The Morgan fingerprint density at radius 1 is 1.50 bits per heavy atom. The van der Waals surface area contributed by atoms with E-state index in [9.17, 15) is 0 Å². The van der Waals surface area contributed by atoms with Crippen LogP contribution in [0.2, 0.25) is 0 Å². The van der Waals surface area contributed by atoms with Crippen LogP contribution in [0.1, 0.15) is 6.92 Å². The first kappa shape index (κ1) is 9.61. The summed E-state index contributed by atoms with van der Waals surface area (Å²) in [5.74, 6) is 0. The standard InChI is InChI=1S/C5H7.Hf/c1-3-5-4-2;/h1,3-5H,2H3;/q-1;. The smallest absolute Gasteiger partial charge is 0 e. The summed E-state index contributed by atoms with van der Waals surface area (Å²) in [5, 5.41) is 0. The SMILES string of the molecule is [CH-]=CC=CC.[Hf]. The van der Waals surface area contributed by atoms with Gasteiger partial charge >= 0.3 is 0 Å². The summed E-state index contributed by atoms with van der Waals surface area (Å²) in [5.41, 5.74) is 0. The largest absolute Gasteiger partial charge is 0.293 e. The van der Waals surface area contributed by atoms with E-state index in [4.69, 9.17) is 6.58 Å². The fourth-order valence-corrected chi connectivity index (χ4v) is 0.111. The number of hydrogen-bond donors (Lipinski definition) is 0. The van der Waals surface area contributed by atoms with Gasteiger partial charge in [0.05, 0.1) is 0 Å². The van der Waals surface area contributed by atoms with Gasteiger partial charge in [0.1, 0.15) is 0 Å². The Morgan fingerprint density at radius 3 is 2.00 bits per heavy atom. The van der Waals surface area contributed by atoms with Crippen molar-refractivity contribution in [2.45, 2.75) is 6.92 Å². The van der Waals surface area contributed by atoms with Crippen LogP contribution in [-0.2, 0) is 25.8 Å². The minimum atomic E-state index is 0. The van der Waals surface area contributed by atoms with Crippen LogP contribution in [0.25, 0.3) is 0 Å². The third-order valence-electron chi connectivity index (χ3n) is 0.304. The van der Waals surface area contributed by atoms with Crippen LogP contribution in [-0.4, -0.2) is 0 Å². The minimum absolute atomic E-state index is 0. The molecule has 0 aromatic rings. The second-order valence-electron chi connectivity index (χ2n) is 0.718. The fraction of sp³-hybridized carbons (Fsp3) is 0.200. The van der Waals surface area contributed by atoms with Crippen molar-refractivity contribution in [3.8, 4) is 0 Å². The van der Waals surface area contributed by atoms with Crippen LogP contribution in [0.4, 0.5) is 0 Å². The van der Waals surface area contributed by atoms with Gasteiger partial charge < -0.3 is 0 Å². The van der Waals surface area contributed by atoms with Gasteiger partial charge in [-0.25, -0.2) is 12.2 Å². The molecule has 0 bridgehead atoms. The first-order valence-corrected chi connectivity index (χ1v) is 1.58. The van der Waals surface area contributed by atoms with Crippen molar-refractivity contribution < 1.29 is 25.8 Å². The molecule has 0 aliphatic rings. The second-order valence-corrected chi connectivity index (χ2v) is 0.718. The van der Waals surface area contributed by atoms with Crippen LogP contribution in [0.5, 0.6) is 0 Å². The molecule has 0 fully saturated rings. The normalized spacial score (nSPS) is 7.50. The zero-order valence-electron chi connectivity index (χ0n) is 3.81. The molecule has 0 unspecified atom stereocenters. The molecular weight excluding hydrogens is 239 g/mol. The summed E-state index contributed by atoms with van der Waals surface area (Å²) in [6, 6.07) is 0. The number of allylic oxidation sites excluding steroid dienone is 3. The van der Waals surface area contributed by atoms with Gasteiger partial charge in [0.15, 0.2) is 0 Å². The summed E-state index contributed by atoms with van der Waals surface area (Å²) >= 11 is 0. The summed E-state index contributed by atoms with van der Waals surface area (Å²) in [4.78, 5) is 0. The summed E-state index contributed by atoms with van der Waals surface area (Å²) in [7, 11) is 0. The van der Waals surface area contributed by atoms with Crippen LogP contribution < -0.4 is 0 Å². The third-order valence-corrected chi connectivity index (χ3v) is 0.304. The number of hydrogen-bond acceptors (Lipinski definition) is 0. The van der Waals surface area contributed by atoms with Gasteiger partial charge in [-0.1, -0.05) is 6.92 Å². The predicted molar refractivity (Wildman–Crippen MR) is 23.7 cm³/mol. The topological polar surface area (TPSA) is 0 Å². The Kier molecular flexibility index (Phi) is 14.4. The Hall–Kier alpha value is 0.350. The molecule has 0 aromatic heterocycles. The Balaban J connectivity index is 0. The molecule has 0 saturated carbocycles. The molecule has 0 aliphatic heterocycles. The van der Waals surface area contributed by atoms with E-state index >= 15 is 0 Å². The average molecular weight is 246 g/mol. The average Bonchev–Trinajstić information content (AvgIpc) is 1.41. The number of rotatable bonds is 1. The van der Waals surface area contributed by atoms with Gasteiger partial charge in [-0.15, -0.1) is 0 Å². The van der Waals surface area contributed by atoms with Gasteiger partial charge in [-0.2, -0.15) is 6.08 Å². The van der Waals surface area contributed by atoms with Gasteiger partial charge in [-0.3, -0.25) is 6.58 Å². The van der Waals surface area contributed by atoms with Crippen LogP contribution in [0.15, 0.2) is 18.2 Å². The van der Waals surface area contributed by atoms with Crippen molar-refractivity contribution in [2.75, 3.05) is 0 Å². The Labute approximate surface area is 57.7 Å². The van der Waals surface area contributed by atoms with E-state index in [0.717, 1.165) is 0 Å². The maximum Gasteiger partial charge on any atom is 0 e. The van der Waals surface area contributed by atoms with Crippen LogP contribution in [0, 0.1) is 6.58 Å². The maximum absolute atomic E-state index is 4.93. The van der Waals surface area contributed by atoms with Crippen molar-refractivity contribution >= 4 is 0 Å². The molecule has 0 atom stereocenters. The Bertz CT molecular complexity index is 45.9. The van der Waals surface area contributed by atoms with Crippen molar-refractivity contribution in [2.24, 2.45) is 0 Å². The van der Waals surface area contributed by atoms with Crippen molar-refractivity contribution in [3.05, 3.63) is 24.8 Å². The molecule has 0 nitrogen and oxygen atoms in total. The van der Waals surface area contributed by atoms with E-state index in [2.05, 4.69) is 0 Å². The molecule has 0 heterocycles. The molecule has 32 valence electrons. The molecule has 0 radical (unpaired) electrons. The summed E-state index contributed by atoms with van der Waals surface area (Å²) in [6.45, 7) is 6.85. The molecule has 0 saturated heterocycles. The minimum Gasteiger partial charge on any atom is -0.293 e. The van der Waals surface area contributed by atoms with Crippen molar-refractivity contribution in [1.29, 1.82) is 0 Å². The van der Waals surface area contributed by atoms with E-state index in [1.54, 1.807) is 6.08 Å². The molecule has 1 heteroatoms. The zero-order chi connectivity index (χ0) is 4.12. The predicted octanol–water partition coefficient (Wildman–Crippen LogP) is 1.55. The molecule has 0 amide bonds. The van der Waals surface area contributed by atoms with Crippen molar-refractivity contribution in [1.82, 2.24) is 0 Å². The molecule has 6 heavy (non-hydrogen) atoms. The molecule has 0 rings (SSSR count). The van der Waals surface area contributed by atoms with Gasteiger partial charge in [0, 0.05) is 25.8 Å². The monoisotopic (exact) mass is 247 g/mol. The first-order valence-electron chi connectivity index (χ1n) is 1.58. The second kappa shape index (κ2) is 9.02. The van der Waals surface area contributed by atoms with Crippen LogP contribution in [0.3, 0.4) is 0 Å². The molecule has 0 aromatic carbocycles. The summed E-state index contributed by atoms with van der Waals surface area (Å²) in [6.07, 6.45) is 5.15. The van der Waals surface area contributed by atoms with Crippen LogP contribution >= 0.6 is 0 Å². The molecule has 0 aliphatic carbocycles. The Morgan fingerprint density at radius 2 is 2.00 bits per heavy atom. The van der Waals surface area contributed by atoms with Gasteiger partial charge in [0.2, 0.25) is 0 Å². The zero-order valence-corrected chi connectivity index (χ0v) is 7.40. The molecule has 0 N–H and O–H groups in total. The van der Waals surface area contributed by atoms with E-state index in [0.29, 0.717) is 0 Å². The summed E-state index contributed by atoms with van der Waals surface area (Å²) < 4.78 is 0. The fourth-order valence-electron chi connectivity index (χ4n) is 0.111. The van der Waals surface area contributed by atoms with E-state index < -0.39 is 0 Å². The van der Waals surface area contributed by atoms with Gasteiger partial charge in [-0.05, 0) is 0 Å². The first-order chi connectivity index (χ1) is 2.41. The van der Waals surface area contributed by atoms with E-state index in [1.165, 1.54) is 6.08 Å². The van der Waals surface area contributed by atoms with E-state index in [1.807, 2.05) is 13.0 Å². The quantitative estimate of drug-likeness (QED) is 0.374. The van der Waals surface area contributed by atoms with E-state index in [-0.39, 0.29) is 25.8 Å². The molecule has 0 spiro atoms. The maximum atomic E-state index is 4.93. The molecular formula is C5H7Hf-. The van der Waals surface area contributed by atoms with Gasteiger partial charge in [0.25, 0.3) is 0 Å². The third kappa shape index (κ3) is 8.84.